The van der Waals surface area contributed by atoms with Gasteiger partial charge in [-0.15, -0.1) is 0 Å². The summed E-state index contributed by atoms with van der Waals surface area (Å²) in [5, 5.41) is 10.5. The molecule has 0 aromatic heterocycles. The maximum absolute atomic E-state index is 13.4. The Morgan fingerprint density at radius 3 is 1.72 bits per heavy atom. The third-order valence-electron chi connectivity index (χ3n) is 6.89. The molecular weight excluding hydrogens is 494 g/mol. The van der Waals surface area contributed by atoms with E-state index >= 15 is 0 Å². The Kier molecular flexibility index (Phi) is 11.3. The van der Waals surface area contributed by atoms with Gasteiger partial charge in [0.1, 0.15) is 12.2 Å². The Morgan fingerprint density at radius 2 is 1.23 bits per heavy atom. The molecule has 0 unspecified atom stereocenters. The van der Waals surface area contributed by atoms with Crippen molar-refractivity contribution in [2.24, 2.45) is 0 Å². The van der Waals surface area contributed by atoms with E-state index in [2.05, 4.69) is 0 Å². The van der Waals surface area contributed by atoms with Gasteiger partial charge in [-0.05, 0) is 23.1 Å². The van der Waals surface area contributed by atoms with Crippen LogP contribution in [-0.2, 0) is 38.8 Å². The summed E-state index contributed by atoms with van der Waals surface area (Å²) in [5.74, 6) is 0. The van der Waals surface area contributed by atoms with Crippen LogP contribution in [0.2, 0.25) is 0 Å². The summed E-state index contributed by atoms with van der Waals surface area (Å²) in [6.07, 6.45) is 0.0605. The van der Waals surface area contributed by atoms with E-state index in [1.807, 2.05) is 97.9 Å². The van der Waals surface area contributed by atoms with Crippen molar-refractivity contribution in [3.63, 3.8) is 0 Å². The number of ether oxygens (including phenoxy) is 4. The third-order valence-corrected chi connectivity index (χ3v) is 6.89. The largest absolute Gasteiger partial charge is 0.449 e. The number of aliphatic hydroxyl groups is 1. The first kappa shape index (κ1) is 28.8. The molecule has 1 saturated heterocycles. The minimum Gasteiger partial charge on any atom is -0.449 e. The van der Waals surface area contributed by atoms with Crippen molar-refractivity contribution in [2.45, 2.75) is 63.9 Å². The molecule has 1 amide bonds. The molecule has 4 rings (SSSR count). The van der Waals surface area contributed by atoms with Crippen LogP contribution >= 0.6 is 0 Å². The van der Waals surface area contributed by atoms with Crippen molar-refractivity contribution in [1.29, 1.82) is 0 Å². The summed E-state index contributed by atoms with van der Waals surface area (Å²) in [4.78, 5) is 15.0. The summed E-state index contributed by atoms with van der Waals surface area (Å²) in [6.45, 7) is 3.32. The number of carbonyl (C=O) groups excluding carboxylic acids is 1. The summed E-state index contributed by atoms with van der Waals surface area (Å²) in [6, 6.07) is 28.4. The number of hydrogen-bond donors (Lipinski definition) is 1. The molecule has 0 saturated carbocycles. The molecular formula is C32H39NO6. The lowest BCUT2D eigenvalue weighted by Gasteiger charge is -2.29. The van der Waals surface area contributed by atoms with Crippen molar-refractivity contribution in [3.8, 4) is 0 Å². The van der Waals surface area contributed by atoms with E-state index < -0.39 is 30.4 Å². The SMILES string of the molecule is CCCCOC(=O)N1[C@H](CO)[C@@H](OCc2ccccc2)[C@H](OCc2ccccc2)[C@H]1COCc1ccccc1. The lowest BCUT2D eigenvalue weighted by atomic mass is 10.1. The van der Waals surface area contributed by atoms with Crippen LogP contribution in [0.4, 0.5) is 4.79 Å². The molecule has 208 valence electrons. The average molecular weight is 534 g/mol. The summed E-state index contributed by atoms with van der Waals surface area (Å²) < 4.78 is 24.6. The van der Waals surface area contributed by atoms with Gasteiger partial charge in [0.15, 0.2) is 0 Å². The molecule has 1 N–H and O–H groups in total. The number of rotatable bonds is 14. The lowest BCUT2D eigenvalue weighted by Crippen LogP contribution is -2.48. The molecule has 1 aliphatic rings. The monoisotopic (exact) mass is 533 g/mol. The number of unbranched alkanes of at least 4 members (excludes halogenated alkanes) is 1. The molecule has 0 aliphatic carbocycles. The highest BCUT2D eigenvalue weighted by molar-refractivity contribution is 5.69. The standard InChI is InChI=1S/C32H39NO6/c1-2-3-19-37-32(35)33-28(20-34)30(38-22-26-15-9-5-10-16-26)31(39-23-27-17-11-6-12-18-27)29(33)24-36-21-25-13-7-4-8-14-25/h4-18,28-31,34H,2-3,19-24H2,1H3/t28-,29-,30-,31-/m1/s1. The van der Waals surface area contributed by atoms with Crippen LogP contribution in [-0.4, -0.2) is 60.2 Å². The minimum absolute atomic E-state index is 0.207. The first-order valence-electron chi connectivity index (χ1n) is 13.7. The zero-order chi connectivity index (χ0) is 27.3. The van der Waals surface area contributed by atoms with Gasteiger partial charge in [-0.25, -0.2) is 4.79 Å². The minimum atomic E-state index is -0.645. The van der Waals surface area contributed by atoms with Crippen LogP contribution < -0.4 is 0 Å². The molecule has 7 heteroatoms. The smallest absolute Gasteiger partial charge is 0.410 e. The zero-order valence-electron chi connectivity index (χ0n) is 22.6. The second kappa shape index (κ2) is 15.4. The lowest BCUT2D eigenvalue weighted by molar-refractivity contribution is -0.0888. The number of carbonyl (C=O) groups is 1. The topological polar surface area (TPSA) is 77.5 Å². The van der Waals surface area contributed by atoms with Gasteiger partial charge in [-0.2, -0.15) is 0 Å². The molecule has 39 heavy (non-hydrogen) atoms. The molecule has 0 bridgehead atoms. The van der Waals surface area contributed by atoms with Gasteiger partial charge in [0.05, 0.1) is 51.7 Å². The van der Waals surface area contributed by atoms with E-state index in [-0.39, 0.29) is 13.2 Å². The van der Waals surface area contributed by atoms with Gasteiger partial charge in [-0.3, -0.25) is 4.90 Å². The third kappa shape index (κ3) is 8.13. The highest BCUT2D eigenvalue weighted by Gasteiger charge is 2.53. The predicted molar refractivity (Wildman–Crippen MR) is 149 cm³/mol. The van der Waals surface area contributed by atoms with Crippen LogP contribution in [0.3, 0.4) is 0 Å². The Bertz CT molecular complexity index is 1100. The summed E-state index contributed by atoms with van der Waals surface area (Å²) in [7, 11) is 0. The summed E-state index contributed by atoms with van der Waals surface area (Å²) >= 11 is 0. The molecule has 1 aliphatic heterocycles. The number of likely N-dealkylation sites (tertiary alicyclic amines) is 1. The maximum atomic E-state index is 13.4. The van der Waals surface area contributed by atoms with E-state index in [4.69, 9.17) is 18.9 Å². The fraction of sp³-hybridized carbons (Fsp3) is 0.406. The fourth-order valence-electron chi connectivity index (χ4n) is 4.83. The predicted octanol–water partition coefficient (Wildman–Crippen LogP) is 5.36. The first-order valence-corrected chi connectivity index (χ1v) is 13.7. The van der Waals surface area contributed by atoms with E-state index in [0.717, 1.165) is 29.5 Å². The first-order chi connectivity index (χ1) is 19.2. The Morgan fingerprint density at radius 1 is 0.744 bits per heavy atom. The van der Waals surface area contributed by atoms with E-state index in [1.54, 1.807) is 4.90 Å². The highest BCUT2D eigenvalue weighted by atomic mass is 16.6. The molecule has 0 spiro atoms. The van der Waals surface area contributed by atoms with E-state index in [1.165, 1.54) is 0 Å². The van der Waals surface area contributed by atoms with Gasteiger partial charge in [0.2, 0.25) is 0 Å². The Hall–Kier alpha value is -3.23. The van der Waals surface area contributed by atoms with Crippen molar-refractivity contribution in [2.75, 3.05) is 19.8 Å². The van der Waals surface area contributed by atoms with E-state index in [9.17, 15) is 9.90 Å². The van der Waals surface area contributed by atoms with Crippen LogP contribution in [0.15, 0.2) is 91.0 Å². The molecule has 1 heterocycles. The van der Waals surface area contributed by atoms with Crippen LogP contribution in [0, 0.1) is 0 Å². The Labute approximate surface area is 231 Å². The molecule has 3 aromatic carbocycles. The number of hydrogen-bond acceptors (Lipinski definition) is 6. The van der Waals surface area contributed by atoms with Gasteiger partial charge >= 0.3 is 6.09 Å². The van der Waals surface area contributed by atoms with Gasteiger partial charge in [0.25, 0.3) is 0 Å². The molecule has 1 fully saturated rings. The van der Waals surface area contributed by atoms with Crippen molar-refractivity contribution >= 4 is 6.09 Å². The highest BCUT2D eigenvalue weighted by Crippen LogP contribution is 2.33. The number of nitrogens with zero attached hydrogens (tertiary/aromatic N) is 1. The summed E-state index contributed by atoms with van der Waals surface area (Å²) in [5.41, 5.74) is 3.04. The van der Waals surface area contributed by atoms with Crippen molar-refractivity contribution < 1.29 is 28.8 Å². The van der Waals surface area contributed by atoms with Crippen molar-refractivity contribution in [3.05, 3.63) is 108 Å². The van der Waals surface area contributed by atoms with Gasteiger partial charge in [-0.1, -0.05) is 104 Å². The fourth-order valence-corrected chi connectivity index (χ4v) is 4.83. The molecule has 0 radical (unpaired) electrons. The molecule has 7 nitrogen and oxygen atoms in total. The normalized spacial score (nSPS) is 20.7. The second-order valence-corrected chi connectivity index (χ2v) is 9.72. The van der Waals surface area contributed by atoms with E-state index in [0.29, 0.717) is 26.4 Å². The number of amides is 1. The van der Waals surface area contributed by atoms with Crippen LogP contribution in [0.5, 0.6) is 0 Å². The van der Waals surface area contributed by atoms with Crippen LogP contribution in [0.25, 0.3) is 0 Å². The number of aliphatic hydroxyl groups excluding tert-OH is 1. The average Bonchev–Trinajstić information content (AvgIpc) is 3.28. The van der Waals surface area contributed by atoms with Gasteiger partial charge in [0, 0.05) is 0 Å². The number of benzene rings is 3. The van der Waals surface area contributed by atoms with Crippen LogP contribution in [0.1, 0.15) is 36.5 Å². The maximum Gasteiger partial charge on any atom is 0.410 e. The quantitative estimate of drug-likeness (QED) is 0.281. The molecule has 4 atom stereocenters. The second-order valence-electron chi connectivity index (χ2n) is 9.72. The Balaban J connectivity index is 1.58. The zero-order valence-corrected chi connectivity index (χ0v) is 22.6. The van der Waals surface area contributed by atoms with Crippen molar-refractivity contribution in [1.82, 2.24) is 4.90 Å². The molecule has 3 aromatic rings. The van der Waals surface area contributed by atoms with Gasteiger partial charge < -0.3 is 24.1 Å².